The second-order valence-electron chi connectivity index (χ2n) is 3.53. The fourth-order valence-electron chi connectivity index (χ4n) is 1.42. The van der Waals surface area contributed by atoms with Gasteiger partial charge in [0.15, 0.2) is 11.5 Å². The maximum atomic E-state index is 5.36. The Morgan fingerprint density at radius 3 is 2.75 bits per heavy atom. The first kappa shape index (κ1) is 12.8. The standard InChI is InChI=1S/C13H16O2S/c1-4-7-15-12-6-5-11(8-10(2)16)9-13(12)14-3/h1,5-6,9-10,16H,7-8H2,2-3H3. The highest BCUT2D eigenvalue weighted by Gasteiger charge is 2.06. The van der Waals surface area contributed by atoms with Crippen LogP contribution in [0.25, 0.3) is 0 Å². The van der Waals surface area contributed by atoms with Gasteiger partial charge >= 0.3 is 0 Å². The Hall–Kier alpha value is -1.27. The van der Waals surface area contributed by atoms with Crippen LogP contribution in [0.4, 0.5) is 0 Å². The second kappa shape index (κ2) is 6.34. The van der Waals surface area contributed by atoms with E-state index in [9.17, 15) is 0 Å². The summed E-state index contributed by atoms with van der Waals surface area (Å²) in [5, 5.41) is 0.321. The number of hydrogen-bond donors (Lipinski definition) is 1. The number of rotatable bonds is 5. The monoisotopic (exact) mass is 236 g/mol. The summed E-state index contributed by atoms with van der Waals surface area (Å²) in [4.78, 5) is 0. The maximum absolute atomic E-state index is 5.36. The van der Waals surface area contributed by atoms with Crippen molar-refractivity contribution in [2.45, 2.75) is 18.6 Å². The quantitative estimate of drug-likeness (QED) is 0.625. The van der Waals surface area contributed by atoms with E-state index in [1.165, 1.54) is 5.56 Å². The summed E-state index contributed by atoms with van der Waals surface area (Å²) in [5.41, 5.74) is 1.17. The van der Waals surface area contributed by atoms with Crippen molar-refractivity contribution in [1.29, 1.82) is 0 Å². The Kier molecular flexibility index (Phi) is 5.07. The van der Waals surface area contributed by atoms with Crippen LogP contribution in [0.15, 0.2) is 18.2 Å². The normalized spacial score (nSPS) is 11.6. The van der Waals surface area contributed by atoms with Crippen molar-refractivity contribution < 1.29 is 9.47 Å². The van der Waals surface area contributed by atoms with E-state index in [1.807, 2.05) is 18.2 Å². The Labute approximate surface area is 102 Å². The number of thiol groups is 1. The zero-order valence-corrected chi connectivity index (χ0v) is 10.5. The van der Waals surface area contributed by atoms with Crippen molar-refractivity contribution in [3.05, 3.63) is 23.8 Å². The number of benzene rings is 1. The molecule has 0 aliphatic heterocycles. The lowest BCUT2D eigenvalue weighted by Crippen LogP contribution is -2.00. The molecule has 1 atom stereocenters. The molecule has 0 N–H and O–H groups in total. The number of methoxy groups -OCH3 is 1. The molecule has 0 saturated heterocycles. The van der Waals surface area contributed by atoms with Gasteiger partial charge in [-0.25, -0.2) is 0 Å². The van der Waals surface area contributed by atoms with Crippen LogP contribution in [-0.4, -0.2) is 19.0 Å². The Morgan fingerprint density at radius 2 is 2.19 bits per heavy atom. The third kappa shape index (κ3) is 3.71. The third-order valence-corrected chi connectivity index (χ3v) is 2.25. The van der Waals surface area contributed by atoms with Gasteiger partial charge in [0.05, 0.1) is 7.11 Å². The topological polar surface area (TPSA) is 18.5 Å². The molecule has 1 unspecified atom stereocenters. The summed E-state index contributed by atoms with van der Waals surface area (Å²) in [6, 6.07) is 5.83. The molecule has 0 amide bonds. The predicted octanol–water partition coefficient (Wildman–Crippen LogP) is 2.57. The van der Waals surface area contributed by atoms with Crippen LogP contribution in [0.5, 0.6) is 11.5 Å². The zero-order valence-electron chi connectivity index (χ0n) is 9.56. The van der Waals surface area contributed by atoms with Crippen LogP contribution >= 0.6 is 12.6 Å². The molecule has 1 aromatic rings. The van der Waals surface area contributed by atoms with Gasteiger partial charge in [-0.05, 0) is 24.1 Å². The van der Waals surface area contributed by atoms with E-state index in [4.69, 9.17) is 15.9 Å². The van der Waals surface area contributed by atoms with Crippen molar-refractivity contribution in [3.63, 3.8) is 0 Å². The van der Waals surface area contributed by atoms with E-state index in [0.29, 0.717) is 16.7 Å². The molecule has 0 aliphatic carbocycles. The summed E-state index contributed by atoms with van der Waals surface area (Å²) < 4.78 is 10.6. The van der Waals surface area contributed by atoms with E-state index < -0.39 is 0 Å². The first-order valence-electron chi connectivity index (χ1n) is 5.08. The second-order valence-corrected chi connectivity index (χ2v) is 4.41. The van der Waals surface area contributed by atoms with E-state index in [2.05, 4.69) is 25.5 Å². The lowest BCUT2D eigenvalue weighted by molar-refractivity contribution is 0.330. The van der Waals surface area contributed by atoms with Crippen LogP contribution in [0, 0.1) is 12.3 Å². The molecule has 1 rings (SSSR count). The van der Waals surface area contributed by atoms with Crippen molar-refractivity contribution in [2.75, 3.05) is 13.7 Å². The SMILES string of the molecule is C#CCOc1ccc(CC(C)S)cc1OC. The first-order chi connectivity index (χ1) is 7.67. The Bertz CT molecular complexity index is 380. The molecule has 0 heterocycles. The molecule has 0 spiro atoms. The lowest BCUT2D eigenvalue weighted by Gasteiger charge is -2.11. The smallest absolute Gasteiger partial charge is 0.162 e. The zero-order chi connectivity index (χ0) is 12.0. The molecular formula is C13H16O2S. The van der Waals surface area contributed by atoms with Gasteiger partial charge in [-0.2, -0.15) is 12.6 Å². The summed E-state index contributed by atoms with van der Waals surface area (Å²) >= 11 is 4.36. The highest BCUT2D eigenvalue weighted by molar-refractivity contribution is 7.80. The van der Waals surface area contributed by atoms with Crippen molar-refractivity contribution in [1.82, 2.24) is 0 Å². The average Bonchev–Trinajstić information content (AvgIpc) is 2.26. The molecule has 0 saturated carbocycles. The minimum absolute atomic E-state index is 0.249. The minimum atomic E-state index is 0.249. The van der Waals surface area contributed by atoms with Crippen LogP contribution in [0.3, 0.4) is 0 Å². The molecule has 2 nitrogen and oxygen atoms in total. The van der Waals surface area contributed by atoms with Gasteiger partial charge in [0.25, 0.3) is 0 Å². The van der Waals surface area contributed by atoms with Crippen LogP contribution < -0.4 is 9.47 Å². The molecule has 0 bridgehead atoms. The van der Waals surface area contributed by atoms with Gasteiger partial charge in [-0.15, -0.1) is 6.42 Å². The summed E-state index contributed by atoms with van der Waals surface area (Å²) in [6.45, 7) is 2.30. The van der Waals surface area contributed by atoms with Crippen molar-refractivity contribution >= 4 is 12.6 Å². The van der Waals surface area contributed by atoms with Gasteiger partial charge < -0.3 is 9.47 Å². The predicted molar refractivity (Wildman–Crippen MR) is 69.5 cm³/mol. The van der Waals surface area contributed by atoms with Crippen molar-refractivity contribution in [3.8, 4) is 23.8 Å². The molecule has 1 aromatic carbocycles. The summed E-state index contributed by atoms with van der Waals surface area (Å²) in [5.74, 6) is 3.81. The minimum Gasteiger partial charge on any atom is -0.493 e. The third-order valence-electron chi connectivity index (χ3n) is 2.07. The molecule has 0 aromatic heterocycles. The van der Waals surface area contributed by atoms with Crippen LogP contribution in [0.1, 0.15) is 12.5 Å². The fourth-order valence-corrected chi connectivity index (χ4v) is 1.63. The largest absolute Gasteiger partial charge is 0.493 e. The fraction of sp³-hybridized carbons (Fsp3) is 0.385. The molecule has 86 valence electrons. The molecule has 0 radical (unpaired) electrons. The molecule has 3 heteroatoms. The highest BCUT2D eigenvalue weighted by atomic mass is 32.1. The van der Waals surface area contributed by atoms with E-state index in [-0.39, 0.29) is 6.61 Å². The van der Waals surface area contributed by atoms with Crippen molar-refractivity contribution in [2.24, 2.45) is 0 Å². The molecule has 0 fully saturated rings. The van der Waals surface area contributed by atoms with E-state index >= 15 is 0 Å². The highest BCUT2D eigenvalue weighted by Crippen LogP contribution is 2.28. The Balaban J connectivity index is 2.84. The molecule has 0 aliphatic rings. The summed E-state index contributed by atoms with van der Waals surface area (Å²) in [7, 11) is 1.62. The summed E-state index contributed by atoms with van der Waals surface area (Å²) in [6.07, 6.45) is 6.04. The average molecular weight is 236 g/mol. The number of terminal acetylenes is 1. The van der Waals surface area contributed by atoms with Gasteiger partial charge in [-0.1, -0.05) is 18.9 Å². The Morgan fingerprint density at radius 1 is 1.44 bits per heavy atom. The molecular weight excluding hydrogens is 220 g/mol. The van der Waals surface area contributed by atoms with Gasteiger partial charge in [0, 0.05) is 5.25 Å². The molecule has 16 heavy (non-hydrogen) atoms. The van der Waals surface area contributed by atoms with Gasteiger partial charge in [-0.3, -0.25) is 0 Å². The maximum Gasteiger partial charge on any atom is 0.162 e. The lowest BCUT2D eigenvalue weighted by atomic mass is 10.1. The first-order valence-corrected chi connectivity index (χ1v) is 5.60. The van der Waals surface area contributed by atoms with Crippen LogP contribution in [0.2, 0.25) is 0 Å². The van der Waals surface area contributed by atoms with E-state index in [1.54, 1.807) is 7.11 Å². The number of hydrogen-bond acceptors (Lipinski definition) is 3. The van der Waals surface area contributed by atoms with Gasteiger partial charge in [0.1, 0.15) is 6.61 Å². The van der Waals surface area contributed by atoms with E-state index in [0.717, 1.165) is 6.42 Å². The number of ether oxygens (including phenoxy) is 2. The van der Waals surface area contributed by atoms with Gasteiger partial charge in [0.2, 0.25) is 0 Å². The van der Waals surface area contributed by atoms with Crippen LogP contribution in [-0.2, 0) is 6.42 Å².